The summed E-state index contributed by atoms with van der Waals surface area (Å²) in [5, 5.41) is 22.5. The van der Waals surface area contributed by atoms with Gasteiger partial charge in [-0.3, -0.25) is 0 Å². The summed E-state index contributed by atoms with van der Waals surface area (Å²) >= 11 is 0. The number of aryl methyl sites for hydroxylation is 1. The molecule has 0 radical (unpaired) electrons. The highest BCUT2D eigenvalue weighted by molar-refractivity contribution is 5.38. The third kappa shape index (κ3) is 3.51. The van der Waals surface area contributed by atoms with E-state index >= 15 is 0 Å². The van der Waals surface area contributed by atoms with Gasteiger partial charge >= 0.3 is 0 Å². The zero-order valence-electron chi connectivity index (χ0n) is 15.4. The summed E-state index contributed by atoms with van der Waals surface area (Å²) in [6, 6.07) is 2.17. The lowest BCUT2D eigenvalue weighted by Gasteiger charge is -2.49. The Kier molecular flexibility index (Phi) is 5.14. The number of aromatic nitrogens is 4. The maximum absolute atomic E-state index is 9.94. The van der Waals surface area contributed by atoms with Gasteiger partial charge in [-0.25, -0.2) is 19.9 Å². The summed E-state index contributed by atoms with van der Waals surface area (Å²) in [7, 11) is 0. The van der Waals surface area contributed by atoms with Crippen molar-refractivity contribution in [1.29, 1.82) is 5.26 Å². The minimum absolute atomic E-state index is 0.150. The fourth-order valence-corrected chi connectivity index (χ4v) is 3.34. The van der Waals surface area contributed by atoms with E-state index in [0.717, 1.165) is 29.8 Å². The van der Waals surface area contributed by atoms with Crippen LogP contribution in [0.2, 0.25) is 0 Å². The van der Waals surface area contributed by atoms with Crippen molar-refractivity contribution in [3.8, 4) is 6.07 Å². The molecule has 136 valence electrons. The number of rotatable bonds is 6. The smallest absolute Gasteiger partial charge is 0.223 e. The summed E-state index contributed by atoms with van der Waals surface area (Å²) in [5.74, 6) is 0.796. The molecular weight excluding hydrogens is 328 g/mol. The SMILES string of the molecule is CCc1ncncc1CNc1ncc(C#N)c(C[C@H]2C[C@H](O)C2(C)C)n1. The summed E-state index contributed by atoms with van der Waals surface area (Å²) in [4.78, 5) is 17.2. The van der Waals surface area contributed by atoms with E-state index < -0.39 is 0 Å². The van der Waals surface area contributed by atoms with Gasteiger partial charge in [0.15, 0.2) is 0 Å². The normalized spacial score (nSPS) is 20.9. The monoisotopic (exact) mass is 352 g/mol. The molecule has 2 heterocycles. The second-order valence-electron chi connectivity index (χ2n) is 7.34. The van der Waals surface area contributed by atoms with Crippen molar-refractivity contribution in [2.24, 2.45) is 11.3 Å². The molecule has 0 spiro atoms. The Morgan fingerprint density at radius 3 is 2.77 bits per heavy atom. The Morgan fingerprint density at radius 1 is 1.31 bits per heavy atom. The lowest BCUT2D eigenvalue weighted by atomic mass is 9.58. The topological polar surface area (TPSA) is 108 Å². The number of nitrogens with zero attached hydrogens (tertiary/aromatic N) is 5. The van der Waals surface area contributed by atoms with Crippen LogP contribution >= 0.6 is 0 Å². The lowest BCUT2D eigenvalue weighted by molar-refractivity contribution is -0.0978. The Bertz CT molecular complexity index is 829. The Balaban J connectivity index is 1.74. The predicted octanol–water partition coefficient (Wildman–Crippen LogP) is 2.26. The molecule has 7 heteroatoms. The number of aliphatic hydroxyl groups is 1. The van der Waals surface area contributed by atoms with Crippen molar-refractivity contribution in [1.82, 2.24) is 19.9 Å². The highest BCUT2D eigenvalue weighted by Gasteiger charge is 2.47. The molecule has 3 rings (SSSR count). The molecule has 1 aliphatic rings. The van der Waals surface area contributed by atoms with Gasteiger partial charge in [0.1, 0.15) is 12.4 Å². The van der Waals surface area contributed by atoms with E-state index in [1.165, 1.54) is 0 Å². The first-order chi connectivity index (χ1) is 12.5. The van der Waals surface area contributed by atoms with Gasteiger partial charge in [0, 0.05) is 24.0 Å². The molecular formula is C19H24N6O. The van der Waals surface area contributed by atoms with Gasteiger partial charge in [0.25, 0.3) is 0 Å². The van der Waals surface area contributed by atoms with Crippen LogP contribution in [0, 0.1) is 22.7 Å². The third-order valence-electron chi connectivity index (χ3n) is 5.50. The largest absolute Gasteiger partial charge is 0.393 e. The molecule has 0 amide bonds. The van der Waals surface area contributed by atoms with Crippen LogP contribution in [0.5, 0.6) is 0 Å². The fourth-order valence-electron chi connectivity index (χ4n) is 3.34. The van der Waals surface area contributed by atoms with Gasteiger partial charge in [-0.2, -0.15) is 5.26 Å². The maximum atomic E-state index is 9.94. The molecule has 7 nitrogen and oxygen atoms in total. The fraction of sp³-hybridized carbons (Fsp3) is 0.526. The molecule has 0 unspecified atom stereocenters. The first-order valence-corrected chi connectivity index (χ1v) is 8.91. The Hall–Kier alpha value is -2.59. The maximum Gasteiger partial charge on any atom is 0.223 e. The summed E-state index contributed by atoms with van der Waals surface area (Å²) < 4.78 is 0. The zero-order chi connectivity index (χ0) is 18.7. The van der Waals surface area contributed by atoms with Crippen molar-refractivity contribution in [3.63, 3.8) is 0 Å². The molecule has 2 atom stereocenters. The molecule has 1 saturated carbocycles. The van der Waals surface area contributed by atoms with E-state index in [-0.39, 0.29) is 11.5 Å². The second kappa shape index (κ2) is 7.34. The van der Waals surface area contributed by atoms with Crippen molar-refractivity contribution >= 4 is 5.95 Å². The number of nitrogens with one attached hydrogen (secondary N) is 1. The Labute approximate surface area is 153 Å². The standard InChI is InChI=1S/C19H24N6O/c1-4-15-13(8-21-11-24-15)10-23-18-22-9-12(7-20)16(25-18)5-14-6-17(26)19(14,2)3/h8-9,11,14,17,26H,4-6,10H2,1-3H3,(H,22,23,25)/t14-,17-/m0/s1. The Morgan fingerprint density at radius 2 is 2.12 bits per heavy atom. The average molecular weight is 352 g/mol. The van der Waals surface area contributed by atoms with Crippen LogP contribution in [0.15, 0.2) is 18.7 Å². The van der Waals surface area contributed by atoms with E-state index in [9.17, 15) is 10.4 Å². The van der Waals surface area contributed by atoms with E-state index in [1.54, 1.807) is 18.7 Å². The summed E-state index contributed by atoms with van der Waals surface area (Å²) in [5.41, 5.74) is 3.07. The molecule has 2 aromatic rings. The predicted molar refractivity (Wildman–Crippen MR) is 97.1 cm³/mol. The van der Waals surface area contributed by atoms with Crippen LogP contribution in [0.3, 0.4) is 0 Å². The van der Waals surface area contributed by atoms with E-state index in [4.69, 9.17) is 0 Å². The first-order valence-electron chi connectivity index (χ1n) is 8.91. The van der Waals surface area contributed by atoms with Crippen molar-refractivity contribution in [3.05, 3.63) is 41.2 Å². The van der Waals surface area contributed by atoms with Crippen molar-refractivity contribution in [2.45, 2.75) is 52.7 Å². The summed E-state index contributed by atoms with van der Waals surface area (Å²) in [6.07, 6.45) is 6.86. The van der Waals surface area contributed by atoms with Crippen molar-refractivity contribution < 1.29 is 5.11 Å². The number of anilines is 1. The molecule has 0 saturated heterocycles. The van der Waals surface area contributed by atoms with Gasteiger partial charge < -0.3 is 10.4 Å². The quantitative estimate of drug-likeness (QED) is 0.821. The molecule has 0 aliphatic heterocycles. The van der Waals surface area contributed by atoms with Crippen LogP contribution in [-0.4, -0.2) is 31.1 Å². The minimum Gasteiger partial charge on any atom is -0.393 e. The average Bonchev–Trinajstić information content (AvgIpc) is 2.66. The van der Waals surface area contributed by atoms with Crippen molar-refractivity contribution in [2.75, 3.05) is 5.32 Å². The number of hydrogen-bond donors (Lipinski definition) is 2. The lowest BCUT2D eigenvalue weighted by Crippen LogP contribution is -2.50. The van der Waals surface area contributed by atoms with E-state index in [1.807, 2.05) is 0 Å². The number of nitriles is 1. The van der Waals surface area contributed by atoms with Crippen LogP contribution in [0.1, 0.15) is 49.7 Å². The van der Waals surface area contributed by atoms with Crippen LogP contribution in [0.4, 0.5) is 5.95 Å². The van der Waals surface area contributed by atoms with Crippen LogP contribution < -0.4 is 5.32 Å². The van der Waals surface area contributed by atoms with Gasteiger partial charge in [-0.05, 0) is 30.6 Å². The van der Waals surface area contributed by atoms with E-state index in [0.29, 0.717) is 30.4 Å². The van der Waals surface area contributed by atoms with E-state index in [2.05, 4.69) is 52.1 Å². The van der Waals surface area contributed by atoms with Crippen LogP contribution in [0.25, 0.3) is 0 Å². The summed E-state index contributed by atoms with van der Waals surface area (Å²) in [6.45, 7) is 6.69. The molecule has 1 aliphatic carbocycles. The molecule has 2 N–H and O–H groups in total. The molecule has 2 aromatic heterocycles. The number of hydrogen-bond acceptors (Lipinski definition) is 7. The molecule has 26 heavy (non-hydrogen) atoms. The highest BCUT2D eigenvalue weighted by Crippen LogP contribution is 2.47. The zero-order valence-corrected chi connectivity index (χ0v) is 15.4. The third-order valence-corrected chi connectivity index (χ3v) is 5.50. The minimum atomic E-state index is -0.289. The number of aliphatic hydroxyl groups excluding tert-OH is 1. The first kappa shape index (κ1) is 18.2. The van der Waals surface area contributed by atoms with Gasteiger partial charge in [0.05, 0.1) is 23.6 Å². The van der Waals surface area contributed by atoms with Gasteiger partial charge in [0.2, 0.25) is 5.95 Å². The van der Waals surface area contributed by atoms with Crippen LogP contribution in [-0.2, 0) is 19.4 Å². The molecule has 0 aromatic carbocycles. The van der Waals surface area contributed by atoms with Gasteiger partial charge in [-0.15, -0.1) is 0 Å². The second-order valence-corrected chi connectivity index (χ2v) is 7.34. The molecule has 1 fully saturated rings. The highest BCUT2D eigenvalue weighted by atomic mass is 16.3. The van der Waals surface area contributed by atoms with Gasteiger partial charge in [-0.1, -0.05) is 20.8 Å². The molecule has 0 bridgehead atoms.